The Hall–Kier alpha value is -1.42. The Morgan fingerprint density at radius 1 is 1.13 bits per heavy atom. The molecule has 2 N–H and O–H groups in total. The molecule has 2 aliphatic rings. The SMILES string of the molecule is CCOC1CC(NC(=NC)NCCc2c(OC)cc(OC)cc2OC)C12CCC2.I. The van der Waals surface area contributed by atoms with Crippen LogP contribution in [-0.4, -0.2) is 59.6 Å². The van der Waals surface area contributed by atoms with Crippen LogP contribution in [0.15, 0.2) is 17.1 Å². The number of halogens is 1. The normalized spacial score (nSPS) is 21.7. The molecule has 2 saturated carbocycles. The Morgan fingerprint density at radius 2 is 1.80 bits per heavy atom. The molecule has 0 aromatic heterocycles. The highest BCUT2D eigenvalue weighted by molar-refractivity contribution is 14.0. The van der Waals surface area contributed by atoms with Gasteiger partial charge in [0, 0.05) is 49.4 Å². The van der Waals surface area contributed by atoms with Crippen molar-refractivity contribution >= 4 is 29.9 Å². The summed E-state index contributed by atoms with van der Waals surface area (Å²) in [4.78, 5) is 4.42. The van der Waals surface area contributed by atoms with E-state index in [0.29, 0.717) is 29.9 Å². The second-order valence-corrected chi connectivity index (χ2v) is 7.72. The first-order valence-electron chi connectivity index (χ1n) is 10.5. The molecule has 7 nitrogen and oxygen atoms in total. The summed E-state index contributed by atoms with van der Waals surface area (Å²) in [6.07, 6.45) is 5.97. The van der Waals surface area contributed by atoms with E-state index in [-0.39, 0.29) is 24.0 Å². The fourth-order valence-corrected chi connectivity index (χ4v) is 4.63. The summed E-state index contributed by atoms with van der Waals surface area (Å²) in [5, 5.41) is 7.06. The maximum atomic E-state index is 5.95. The molecule has 2 unspecified atom stereocenters. The largest absolute Gasteiger partial charge is 0.496 e. The van der Waals surface area contributed by atoms with E-state index >= 15 is 0 Å². The molecule has 0 saturated heterocycles. The van der Waals surface area contributed by atoms with Gasteiger partial charge in [0.1, 0.15) is 17.2 Å². The van der Waals surface area contributed by atoms with E-state index in [1.54, 1.807) is 21.3 Å². The summed E-state index contributed by atoms with van der Waals surface area (Å²) in [6, 6.07) is 4.20. The van der Waals surface area contributed by atoms with Crippen LogP contribution in [0.25, 0.3) is 0 Å². The quantitative estimate of drug-likeness (QED) is 0.288. The van der Waals surface area contributed by atoms with Gasteiger partial charge in [-0.3, -0.25) is 4.99 Å². The lowest BCUT2D eigenvalue weighted by molar-refractivity contribution is -0.168. The molecule has 0 amide bonds. The first kappa shape index (κ1) is 24.8. The van der Waals surface area contributed by atoms with Crippen LogP contribution in [0.2, 0.25) is 0 Å². The van der Waals surface area contributed by atoms with Crippen molar-refractivity contribution in [2.45, 2.75) is 51.2 Å². The fourth-order valence-electron chi connectivity index (χ4n) is 4.63. The van der Waals surface area contributed by atoms with Crippen LogP contribution >= 0.6 is 24.0 Å². The molecule has 1 aromatic carbocycles. The van der Waals surface area contributed by atoms with Crippen molar-refractivity contribution in [1.82, 2.24) is 10.6 Å². The number of nitrogens with zero attached hydrogens (tertiary/aromatic N) is 1. The monoisotopic (exact) mass is 533 g/mol. The number of aliphatic imine (C=N–C) groups is 1. The standard InChI is InChI=1S/C22H35N3O4.HI/c1-6-29-20-14-19(22(20)9-7-10-22)25-21(23-2)24-11-8-16-17(27-4)12-15(26-3)13-18(16)28-5;/h12-13,19-20H,6-11,14H2,1-5H3,(H2,23,24,25);1H. The van der Waals surface area contributed by atoms with Gasteiger partial charge in [-0.05, 0) is 32.6 Å². The van der Waals surface area contributed by atoms with E-state index in [2.05, 4.69) is 22.5 Å². The zero-order valence-corrected chi connectivity index (χ0v) is 21.1. The molecule has 170 valence electrons. The number of methoxy groups -OCH3 is 3. The molecule has 1 aromatic rings. The van der Waals surface area contributed by atoms with E-state index < -0.39 is 0 Å². The third-order valence-electron chi connectivity index (χ3n) is 6.46. The number of hydrogen-bond donors (Lipinski definition) is 2. The van der Waals surface area contributed by atoms with Crippen LogP contribution in [0.5, 0.6) is 17.2 Å². The highest BCUT2D eigenvalue weighted by atomic mass is 127. The van der Waals surface area contributed by atoms with E-state index in [1.807, 2.05) is 19.2 Å². The van der Waals surface area contributed by atoms with E-state index in [4.69, 9.17) is 18.9 Å². The van der Waals surface area contributed by atoms with Crippen LogP contribution in [0, 0.1) is 5.41 Å². The minimum Gasteiger partial charge on any atom is -0.496 e. The average molecular weight is 533 g/mol. The highest BCUT2D eigenvalue weighted by Gasteiger charge is 2.59. The third kappa shape index (κ3) is 4.90. The van der Waals surface area contributed by atoms with Crippen LogP contribution in [0.1, 0.15) is 38.2 Å². The van der Waals surface area contributed by atoms with Crippen molar-refractivity contribution in [3.63, 3.8) is 0 Å². The molecule has 1 spiro atoms. The van der Waals surface area contributed by atoms with Gasteiger partial charge in [0.2, 0.25) is 0 Å². The first-order valence-corrected chi connectivity index (χ1v) is 10.5. The fraction of sp³-hybridized carbons (Fsp3) is 0.682. The zero-order chi connectivity index (χ0) is 20.9. The van der Waals surface area contributed by atoms with Crippen molar-refractivity contribution in [3.05, 3.63) is 17.7 Å². The number of ether oxygens (including phenoxy) is 4. The van der Waals surface area contributed by atoms with Gasteiger partial charge in [0.15, 0.2) is 5.96 Å². The van der Waals surface area contributed by atoms with Crippen molar-refractivity contribution in [2.75, 3.05) is 41.5 Å². The number of guanidine groups is 1. The van der Waals surface area contributed by atoms with Crippen molar-refractivity contribution in [1.29, 1.82) is 0 Å². The Kier molecular flexibility index (Phi) is 9.33. The molecular formula is C22H36IN3O4. The summed E-state index contributed by atoms with van der Waals surface area (Å²) < 4.78 is 22.4. The Bertz CT molecular complexity index is 699. The molecule has 8 heteroatoms. The predicted molar refractivity (Wildman–Crippen MR) is 130 cm³/mol. The molecule has 0 bridgehead atoms. The topological polar surface area (TPSA) is 73.3 Å². The van der Waals surface area contributed by atoms with Gasteiger partial charge in [0.05, 0.1) is 27.4 Å². The van der Waals surface area contributed by atoms with Gasteiger partial charge in [0.25, 0.3) is 0 Å². The van der Waals surface area contributed by atoms with E-state index in [1.165, 1.54) is 19.3 Å². The van der Waals surface area contributed by atoms with Gasteiger partial charge < -0.3 is 29.6 Å². The van der Waals surface area contributed by atoms with E-state index in [0.717, 1.165) is 42.5 Å². The molecule has 3 rings (SSSR count). The summed E-state index contributed by atoms with van der Waals surface area (Å²) in [5.41, 5.74) is 1.31. The molecule has 0 heterocycles. The summed E-state index contributed by atoms with van der Waals surface area (Å²) in [5.74, 6) is 3.08. The molecule has 0 radical (unpaired) electrons. The molecule has 0 aliphatic heterocycles. The smallest absolute Gasteiger partial charge is 0.191 e. The van der Waals surface area contributed by atoms with Gasteiger partial charge in [-0.1, -0.05) is 6.42 Å². The summed E-state index contributed by atoms with van der Waals surface area (Å²) >= 11 is 0. The maximum Gasteiger partial charge on any atom is 0.191 e. The van der Waals surface area contributed by atoms with Gasteiger partial charge in [-0.2, -0.15) is 0 Å². The Morgan fingerprint density at radius 3 is 2.27 bits per heavy atom. The lowest BCUT2D eigenvalue weighted by Crippen LogP contribution is -2.68. The van der Waals surface area contributed by atoms with Gasteiger partial charge in [-0.15, -0.1) is 24.0 Å². The molecule has 30 heavy (non-hydrogen) atoms. The first-order chi connectivity index (χ1) is 14.1. The van der Waals surface area contributed by atoms with Crippen molar-refractivity contribution < 1.29 is 18.9 Å². The minimum absolute atomic E-state index is 0. The zero-order valence-electron chi connectivity index (χ0n) is 18.7. The summed E-state index contributed by atoms with van der Waals surface area (Å²) in [7, 11) is 6.77. The molecule has 2 atom stereocenters. The van der Waals surface area contributed by atoms with Gasteiger partial charge in [-0.25, -0.2) is 0 Å². The van der Waals surface area contributed by atoms with Crippen LogP contribution in [0.3, 0.4) is 0 Å². The molecular weight excluding hydrogens is 497 g/mol. The van der Waals surface area contributed by atoms with E-state index in [9.17, 15) is 0 Å². The minimum atomic E-state index is 0. The number of nitrogens with one attached hydrogen (secondary N) is 2. The maximum absolute atomic E-state index is 5.95. The summed E-state index contributed by atoms with van der Waals surface area (Å²) in [6.45, 7) is 3.58. The predicted octanol–water partition coefficient (Wildman–Crippen LogP) is 3.39. The van der Waals surface area contributed by atoms with Crippen LogP contribution in [-0.2, 0) is 11.2 Å². The second-order valence-electron chi connectivity index (χ2n) is 7.72. The second kappa shape index (κ2) is 11.3. The number of hydrogen-bond acceptors (Lipinski definition) is 5. The van der Waals surface area contributed by atoms with Crippen molar-refractivity contribution in [2.24, 2.45) is 10.4 Å². The molecule has 2 aliphatic carbocycles. The highest BCUT2D eigenvalue weighted by Crippen LogP contribution is 2.57. The number of benzene rings is 1. The van der Waals surface area contributed by atoms with Gasteiger partial charge >= 0.3 is 0 Å². The number of rotatable bonds is 9. The van der Waals surface area contributed by atoms with Crippen molar-refractivity contribution in [3.8, 4) is 17.2 Å². The molecule has 2 fully saturated rings. The third-order valence-corrected chi connectivity index (χ3v) is 6.46. The Labute approximate surface area is 197 Å². The average Bonchev–Trinajstić information content (AvgIpc) is 2.69. The van der Waals surface area contributed by atoms with Crippen LogP contribution < -0.4 is 24.8 Å². The lowest BCUT2D eigenvalue weighted by atomic mass is 9.51. The Balaban J connectivity index is 0.00000320. The lowest BCUT2D eigenvalue weighted by Gasteiger charge is -2.61. The van der Waals surface area contributed by atoms with Crippen LogP contribution in [0.4, 0.5) is 0 Å².